The molecule has 13 heteroatoms. The molecule has 3 unspecified atom stereocenters. The molecule has 0 saturated carbocycles. The van der Waals surface area contributed by atoms with Crippen molar-refractivity contribution in [3.8, 4) is 0 Å². The van der Waals surface area contributed by atoms with Crippen molar-refractivity contribution in [3.05, 3.63) is 6.61 Å². The second-order valence-electron chi connectivity index (χ2n) is 3.08. The first-order chi connectivity index (χ1) is 7.61. The van der Waals surface area contributed by atoms with Crippen LogP contribution in [0.2, 0.25) is 0 Å². The maximum Gasteiger partial charge on any atom is 0.269 e. The maximum atomic E-state index is 10.4. The predicted molar refractivity (Wildman–Crippen MR) is 59.7 cm³/mol. The molecule has 0 aromatic rings. The van der Waals surface area contributed by atoms with Gasteiger partial charge in [-0.05, 0) is 6.10 Å². The van der Waals surface area contributed by atoms with Gasteiger partial charge in [-0.25, -0.2) is 0 Å². The average molecular weight is 561 g/mol. The standard InChI is InChI=1S/C5H11O8P2S2.U/c6-3-1-11-4(5(3)7)2-12-15(16,17)13-14(8,9)10;/h1,3-7H,2H2,(H,16,17)(H2,8,9,10);/q-1;/p-2/t3?,4-,5-;/m1./s1. The van der Waals surface area contributed by atoms with Crippen molar-refractivity contribution in [1.29, 1.82) is 0 Å². The summed E-state index contributed by atoms with van der Waals surface area (Å²) in [6, 6.07) is 0. The molecule has 1 fully saturated rings. The number of ether oxygens (including phenoxy) is 1. The summed E-state index contributed by atoms with van der Waals surface area (Å²) in [4.78, 5) is 18.8. The maximum absolute atomic E-state index is 10.4. The van der Waals surface area contributed by atoms with Gasteiger partial charge >= 0.3 is 0 Å². The smallest absolute Gasteiger partial charge is 0.269 e. The molecule has 0 amide bonds. The minimum absolute atomic E-state index is 0. The fourth-order valence-electron chi connectivity index (χ4n) is 1.01. The molecule has 18 heavy (non-hydrogen) atoms. The molecule has 0 aliphatic carbocycles. The molecular weight excluding hydrogens is 552 g/mol. The molecule has 8 nitrogen and oxygen atoms in total. The number of phosphoric acid groups is 1. The Morgan fingerprint density at radius 1 is 1.56 bits per heavy atom. The van der Waals surface area contributed by atoms with Crippen LogP contribution in [-0.4, -0.2) is 40.0 Å². The van der Waals surface area contributed by atoms with Gasteiger partial charge < -0.3 is 41.5 Å². The van der Waals surface area contributed by atoms with E-state index in [1.165, 1.54) is 0 Å². The van der Waals surface area contributed by atoms with Crippen molar-refractivity contribution in [2.24, 2.45) is 0 Å². The summed E-state index contributed by atoms with van der Waals surface area (Å²) in [6.45, 7) is 0.631. The second-order valence-corrected chi connectivity index (χ2v) is 9.41. The Balaban J connectivity index is 0.00000289. The van der Waals surface area contributed by atoms with Crippen molar-refractivity contribution in [1.82, 2.24) is 0 Å². The van der Waals surface area contributed by atoms with Crippen LogP contribution in [0.15, 0.2) is 0 Å². The van der Waals surface area contributed by atoms with Crippen LogP contribution in [0.3, 0.4) is 0 Å². The van der Waals surface area contributed by atoms with E-state index in [0.29, 0.717) is 0 Å². The minimum Gasteiger partial charge on any atom is -0.756 e. The number of hydrogen-bond donors (Lipinski definition) is 3. The van der Waals surface area contributed by atoms with Crippen molar-refractivity contribution in [2.75, 3.05) is 6.61 Å². The summed E-state index contributed by atoms with van der Waals surface area (Å²) in [7, 11) is -5.07. The van der Waals surface area contributed by atoms with E-state index in [1.54, 1.807) is 0 Å². The van der Waals surface area contributed by atoms with Crippen molar-refractivity contribution < 1.29 is 69.2 Å². The molecule has 0 aromatic carbocycles. The van der Waals surface area contributed by atoms with Crippen LogP contribution >= 0.6 is 13.5 Å². The summed E-state index contributed by atoms with van der Waals surface area (Å²) in [5.74, 6) is 0. The zero-order valence-corrected chi connectivity index (χ0v) is 16.2. The van der Waals surface area contributed by atoms with E-state index in [1.807, 2.05) is 0 Å². The van der Waals surface area contributed by atoms with E-state index in [9.17, 15) is 14.6 Å². The zero-order chi connectivity index (χ0) is 13.3. The van der Waals surface area contributed by atoms with E-state index in [0.717, 1.165) is 6.61 Å². The summed E-state index contributed by atoms with van der Waals surface area (Å²) < 4.78 is 24.0. The summed E-state index contributed by atoms with van der Waals surface area (Å²) in [6.07, 6.45) is -3.33. The van der Waals surface area contributed by atoms with Gasteiger partial charge in [0.15, 0.2) is 0 Å². The van der Waals surface area contributed by atoms with Gasteiger partial charge in [0.1, 0.15) is 0 Å². The number of aliphatic hydroxyl groups excluding tert-OH is 2. The monoisotopic (exact) mass is 561 g/mol. The normalized spacial score (nSPS) is 34.4. The van der Waals surface area contributed by atoms with Crippen LogP contribution in [0.4, 0.5) is 0 Å². The third kappa shape index (κ3) is 7.14. The first-order valence-electron chi connectivity index (χ1n) is 4.16. The van der Waals surface area contributed by atoms with Gasteiger partial charge in [0.25, 0.3) is 7.82 Å². The fraction of sp³-hybridized carbons (Fsp3) is 0.800. The van der Waals surface area contributed by atoms with Crippen molar-refractivity contribution in [3.63, 3.8) is 0 Å². The van der Waals surface area contributed by atoms with E-state index < -0.39 is 31.8 Å². The van der Waals surface area contributed by atoms with Gasteiger partial charge in [-0.1, -0.05) is 11.8 Å². The van der Waals surface area contributed by atoms with Gasteiger partial charge in [-0.2, -0.15) is 6.61 Å². The Hall–Kier alpha value is 2.00. The molecular formula is C5H9O8P2S2U-3. The van der Waals surface area contributed by atoms with Crippen molar-refractivity contribution >= 4 is 37.6 Å². The van der Waals surface area contributed by atoms with Gasteiger partial charge in [0.2, 0.25) is 0 Å². The molecule has 5 atom stereocenters. The molecule has 106 valence electrons. The molecule has 0 radical (unpaired) electrons. The zero-order valence-electron chi connectivity index (χ0n) is 8.61. The Morgan fingerprint density at radius 3 is 2.50 bits per heavy atom. The summed E-state index contributed by atoms with van der Waals surface area (Å²) >= 11 is 9.07. The molecule has 1 rings (SSSR count). The average Bonchev–Trinajstić information content (AvgIpc) is 2.41. The van der Waals surface area contributed by atoms with Gasteiger partial charge in [-0.3, -0.25) is 8.88 Å². The minimum atomic E-state index is -5.07. The summed E-state index contributed by atoms with van der Waals surface area (Å²) in [5.41, 5.74) is -3.61. The molecule has 1 heterocycles. The van der Waals surface area contributed by atoms with Crippen LogP contribution in [0.5, 0.6) is 0 Å². The third-order valence-electron chi connectivity index (χ3n) is 1.72. The van der Waals surface area contributed by atoms with E-state index in [-0.39, 0.29) is 37.7 Å². The Labute approximate surface area is 137 Å². The molecule has 0 bridgehead atoms. The van der Waals surface area contributed by atoms with Crippen molar-refractivity contribution in [2.45, 2.75) is 18.3 Å². The van der Waals surface area contributed by atoms with Gasteiger partial charge in [-0.15, -0.1) is 0 Å². The van der Waals surface area contributed by atoms with Crippen LogP contribution in [0, 0.1) is 37.7 Å². The Morgan fingerprint density at radius 2 is 2.11 bits per heavy atom. The van der Waals surface area contributed by atoms with Crippen LogP contribution in [-0.2, 0) is 42.2 Å². The fourth-order valence-corrected chi connectivity index (χ4v) is 4.43. The van der Waals surface area contributed by atoms with E-state index in [2.05, 4.69) is 28.4 Å². The first-order valence-corrected chi connectivity index (χ1v) is 9.31. The van der Waals surface area contributed by atoms with E-state index in [4.69, 9.17) is 19.3 Å². The Kier molecular flexibility index (Phi) is 8.73. The SMILES string of the molecule is O=P([O-])(O)OP(=S)([S-])OC[C@H]1O[CH-]C(O)[C@H]1O.[U]. The topological polar surface area (TPSA) is 129 Å². The van der Waals surface area contributed by atoms with Crippen LogP contribution in [0.25, 0.3) is 0 Å². The molecule has 0 aromatic heterocycles. The molecule has 1 aliphatic rings. The number of rotatable bonds is 5. The largest absolute Gasteiger partial charge is 0.756 e. The van der Waals surface area contributed by atoms with Crippen LogP contribution in [0.1, 0.15) is 0 Å². The third-order valence-corrected chi connectivity index (χ3v) is 5.65. The predicted octanol–water partition coefficient (Wildman–Crippen LogP) is -1.47. The summed E-state index contributed by atoms with van der Waals surface area (Å²) in [5, 5.41) is 18.4. The number of aliphatic hydroxyl groups is 2. The molecule has 1 aliphatic heterocycles. The molecule has 1 saturated heterocycles. The molecule has 0 spiro atoms. The van der Waals surface area contributed by atoms with E-state index >= 15 is 0 Å². The van der Waals surface area contributed by atoms with Crippen LogP contribution < -0.4 is 4.89 Å². The second kappa shape index (κ2) is 7.85. The first kappa shape index (κ1) is 20.0. The Bertz CT molecular complexity index is 363. The quantitative estimate of drug-likeness (QED) is 0.208. The van der Waals surface area contributed by atoms with Gasteiger partial charge in [0, 0.05) is 31.1 Å². The molecule has 3 N–H and O–H groups in total. The van der Waals surface area contributed by atoms with Gasteiger partial charge in [0.05, 0.1) is 24.5 Å². The number of hydrogen-bond acceptors (Lipinski definition) is 9.